The van der Waals surface area contributed by atoms with Gasteiger partial charge in [-0.05, 0) is 31.2 Å². The van der Waals surface area contributed by atoms with Gasteiger partial charge in [0.1, 0.15) is 0 Å². The second-order valence-electron chi connectivity index (χ2n) is 3.70. The summed E-state index contributed by atoms with van der Waals surface area (Å²) >= 11 is 0. The summed E-state index contributed by atoms with van der Waals surface area (Å²) < 4.78 is 26.3. The quantitative estimate of drug-likeness (QED) is 0.729. The second-order valence-corrected chi connectivity index (χ2v) is 5.80. The van der Waals surface area contributed by atoms with Gasteiger partial charge in [-0.1, -0.05) is 35.9 Å². The van der Waals surface area contributed by atoms with E-state index in [2.05, 4.69) is 0 Å². The average molecular weight is 234 g/mol. The number of hydrogen-bond donors (Lipinski definition) is 0. The highest BCUT2D eigenvalue weighted by atomic mass is 31.2. The van der Waals surface area contributed by atoms with E-state index in [0.717, 1.165) is 5.56 Å². The Morgan fingerprint density at radius 2 is 1.38 bits per heavy atom. The zero-order valence-corrected chi connectivity index (χ0v) is 9.82. The lowest BCUT2D eigenvalue weighted by atomic mass is 10.2. The Morgan fingerprint density at radius 3 is 1.94 bits per heavy atom. The fraction of sp³-hybridized carbons (Fsp3) is 0.0769. The van der Waals surface area contributed by atoms with Crippen molar-refractivity contribution < 1.29 is 8.76 Å². The zero-order valence-electron chi connectivity index (χ0n) is 8.93. The Bertz CT molecular complexity index is 519. The maximum absolute atomic E-state index is 14.2. The van der Waals surface area contributed by atoms with Gasteiger partial charge in [0.25, 0.3) is 7.45 Å². The van der Waals surface area contributed by atoms with Crippen LogP contribution in [-0.4, -0.2) is 0 Å². The highest BCUT2D eigenvalue weighted by Gasteiger charge is 2.25. The SMILES string of the molecule is Cc1ccc(P(=O)(F)c2ccccc2)cc1. The van der Waals surface area contributed by atoms with E-state index < -0.39 is 7.45 Å². The van der Waals surface area contributed by atoms with Crippen molar-refractivity contribution in [3.8, 4) is 0 Å². The highest BCUT2D eigenvalue weighted by Crippen LogP contribution is 2.44. The summed E-state index contributed by atoms with van der Waals surface area (Å²) in [6.45, 7) is 1.91. The van der Waals surface area contributed by atoms with E-state index in [1.807, 2.05) is 6.92 Å². The molecule has 0 aliphatic carbocycles. The van der Waals surface area contributed by atoms with Crippen LogP contribution in [0.3, 0.4) is 0 Å². The molecule has 1 atom stereocenters. The molecule has 0 fully saturated rings. The third-order valence-electron chi connectivity index (χ3n) is 2.45. The number of benzene rings is 2. The van der Waals surface area contributed by atoms with E-state index in [4.69, 9.17) is 0 Å². The minimum Gasteiger partial charge on any atom is -0.277 e. The first-order valence-electron chi connectivity index (χ1n) is 5.03. The van der Waals surface area contributed by atoms with Crippen LogP contribution in [-0.2, 0) is 4.57 Å². The lowest BCUT2D eigenvalue weighted by Gasteiger charge is -2.09. The van der Waals surface area contributed by atoms with Crippen LogP contribution in [0.15, 0.2) is 54.6 Å². The smallest absolute Gasteiger partial charge is 0.277 e. The summed E-state index contributed by atoms with van der Waals surface area (Å²) in [5.74, 6) is 0. The summed E-state index contributed by atoms with van der Waals surface area (Å²) in [4.78, 5) is 0. The Kier molecular flexibility index (Phi) is 2.93. The molecule has 0 heterocycles. The van der Waals surface area contributed by atoms with Crippen molar-refractivity contribution in [3.05, 3.63) is 60.2 Å². The molecule has 82 valence electrons. The number of halogens is 1. The number of rotatable bonds is 2. The number of aryl methyl sites for hydroxylation is 1. The molecule has 0 aliphatic rings. The van der Waals surface area contributed by atoms with E-state index in [1.165, 1.54) is 0 Å². The van der Waals surface area contributed by atoms with E-state index in [9.17, 15) is 8.76 Å². The molecule has 0 aromatic heterocycles. The number of hydrogen-bond acceptors (Lipinski definition) is 1. The molecule has 0 radical (unpaired) electrons. The van der Waals surface area contributed by atoms with Gasteiger partial charge >= 0.3 is 0 Å². The van der Waals surface area contributed by atoms with Crippen LogP contribution in [0.1, 0.15) is 5.56 Å². The van der Waals surface area contributed by atoms with Crippen LogP contribution in [0.5, 0.6) is 0 Å². The molecule has 1 nitrogen and oxygen atoms in total. The van der Waals surface area contributed by atoms with Gasteiger partial charge in [0.15, 0.2) is 0 Å². The third kappa shape index (κ3) is 2.07. The van der Waals surface area contributed by atoms with Gasteiger partial charge in [-0.2, -0.15) is 4.20 Å². The largest absolute Gasteiger partial charge is 0.300 e. The predicted molar refractivity (Wildman–Crippen MR) is 65.6 cm³/mol. The van der Waals surface area contributed by atoms with E-state index in [1.54, 1.807) is 54.6 Å². The van der Waals surface area contributed by atoms with Crippen LogP contribution in [0.25, 0.3) is 0 Å². The Morgan fingerprint density at radius 1 is 0.875 bits per heavy atom. The van der Waals surface area contributed by atoms with Crippen LogP contribution >= 0.6 is 7.45 Å². The van der Waals surface area contributed by atoms with Gasteiger partial charge in [0, 0.05) is 10.6 Å². The molecule has 1 unspecified atom stereocenters. The first-order valence-corrected chi connectivity index (χ1v) is 6.63. The summed E-state index contributed by atoms with van der Waals surface area (Å²) in [5.41, 5.74) is 1.02. The van der Waals surface area contributed by atoms with E-state index in [0.29, 0.717) is 0 Å². The molecular formula is C13H12FOP. The van der Waals surface area contributed by atoms with Crippen LogP contribution in [0.4, 0.5) is 4.20 Å². The monoisotopic (exact) mass is 234 g/mol. The molecule has 0 aliphatic heterocycles. The summed E-state index contributed by atoms with van der Waals surface area (Å²) in [7, 11) is -3.92. The summed E-state index contributed by atoms with van der Waals surface area (Å²) in [5, 5.41) is 0.503. The maximum atomic E-state index is 14.2. The predicted octanol–water partition coefficient (Wildman–Crippen LogP) is 3.19. The lowest BCUT2D eigenvalue weighted by Crippen LogP contribution is -2.12. The Labute approximate surface area is 94.4 Å². The molecular weight excluding hydrogens is 222 g/mol. The molecule has 2 aromatic carbocycles. The summed E-state index contributed by atoms with van der Waals surface area (Å²) in [6, 6.07) is 15.0. The molecule has 3 heteroatoms. The molecule has 0 amide bonds. The first-order chi connectivity index (χ1) is 7.60. The lowest BCUT2D eigenvalue weighted by molar-refractivity contribution is 0.558. The average Bonchev–Trinajstić information content (AvgIpc) is 2.31. The second kappa shape index (κ2) is 4.23. The van der Waals surface area contributed by atoms with Crippen LogP contribution in [0.2, 0.25) is 0 Å². The van der Waals surface area contributed by atoms with Crippen molar-refractivity contribution in [3.63, 3.8) is 0 Å². The Hall–Kier alpha value is -1.40. The summed E-state index contributed by atoms with van der Waals surface area (Å²) in [6.07, 6.45) is 0. The minimum atomic E-state index is -3.92. The molecule has 0 saturated carbocycles. The Balaban J connectivity index is 2.47. The molecule has 0 N–H and O–H groups in total. The molecule has 0 spiro atoms. The van der Waals surface area contributed by atoms with Gasteiger partial charge in [-0.25, -0.2) is 0 Å². The van der Waals surface area contributed by atoms with Gasteiger partial charge in [0.05, 0.1) is 0 Å². The van der Waals surface area contributed by atoms with Gasteiger partial charge < -0.3 is 0 Å². The fourth-order valence-corrected chi connectivity index (χ4v) is 2.89. The molecule has 2 rings (SSSR count). The van der Waals surface area contributed by atoms with Crippen molar-refractivity contribution in [2.24, 2.45) is 0 Å². The van der Waals surface area contributed by atoms with Gasteiger partial charge in [-0.3, -0.25) is 4.57 Å². The maximum Gasteiger partial charge on any atom is 0.300 e. The van der Waals surface area contributed by atoms with Crippen molar-refractivity contribution in [2.75, 3.05) is 0 Å². The highest BCUT2D eigenvalue weighted by molar-refractivity contribution is 7.74. The van der Waals surface area contributed by atoms with Gasteiger partial charge in [0.2, 0.25) is 0 Å². The van der Waals surface area contributed by atoms with E-state index >= 15 is 0 Å². The molecule has 0 saturated heterocycles. The molecule has 2 aromatic rings. The minimum absolute atomic E-state index is 0.249. The van der Waals surface area contributed by atoms with Crippen molar-refractivity contribution >= 4 is 18.1 Å². The van der Waals surface area contributed by atoms with Crippen molar-refractivity contribution in [1.29, 1.82) is 0 Å². The first kappa shape index (κ1) is 11.1. The van der Waals surface area contributed by atoms with Gasteiger partial charge in [-0.15, -0.1) is 0 Å². The van der Waals surface area contributed by atoms with Crippen molar-refractivity contribution in [1.82, 2.24) is 0 Å². The molecule has 16 heavy (non-hydrogen) atoms. The fourth-order valence-electron chi connectivity index (χ4n) is 1.51. The normalized spacial score (nSPS) is 14.4. The topological polar surface area (TPSA) is 17.1 Å². The van der Waals surface area contributed by atoms with Crippen LogP contribution < -0.4 is 10.6 Å². The zero-order chi connectivity index (χ0) is 11.6. The molecule has 0 bridgehead atoms. The standard InChI is InChI=1S/C13H12FOP/c1-11-7-9-13(10-8-11)16(14,15)12-5-3-2-4-6-12/h2-10H,1H3. The van der Waals surface area contributed by atoms with Crippen molar-refractivity contribution in [2.45, 2.75) is 6.92 Å². The van der Waals surface area contributed by atoms with Crippen LogP contribution in [0, 0.1) is 6.92 Å². The van der Waals surface area contributed by atoms with E-state index in [-0.39, 0.29) is 10.6 Å². The third-order valence-corrected chi connectivity index (χ3v) is 4.38.